The fraction of sp³-hybridized carbons (Fsp3) is 0.300. The van der Waals surface area contributed by atoms with Gasteiger partial charge in [0.25, 0.3) is 0 Å². The van der Waals surface area contributed by atoms with Crippen LogP contribution in [0.5, 0.6) is 0 Å². The Kier molecular flexibility index (Phi) is 7.73. The number of para-hydroxylation sites is 1. The Bertz CT molecular complexity index is 744. The van der Waals surface area contributed by atoms with Crippen LogP contribution in [0.4, 0.5) is 5.69 Å². The lowest BCUT2D eigenvalue weighted by molar-refractivity contribution is 0.372. The van der Waals surface area contributed by atoms with Gasteiger partial charge in [0.2, 0.25) is 0 Å². The lowest BCUT2D eigenvalue weighted by atomic mass is 10.1. The van der Waals surface area contributed by atoms with Crippen molar-refractivity contribution in [3.05, 3.63) is 65.7 Å². The van der Waals surface area contributed by atoms with Crippen LogP contribution < -0.4 is 10.2 Å². The number of aliphatic imine (C=N–C) groups is 1. The maximum Gasteiger partial charge on any atom is 0.194 e. The Hall–Kier alpha value is -2.27. The van der Waals surface area contributed by atoms with Crippen molar-refractivity contribution in [3.63, 3.8) is 0 Å². The van der Waals surface area contributed by atoms with E-state index in [1.54, 1.807) is 0 Å². The second kappa shape index (κ2) is 10.0. The van der Waals surface area contributed by atoms with Crippen molar-refractivity contribution in [2.45, 2.75) is 6.54 Å². The molecule has 0 spiro atoms. The fourth-order valence-corrected chi connectivity index (χ4v) is 3.03. The van der Waals surface area contributed by atoms with Crippen molar-refractivity contribution in [3.8, 4) is 6.07 Å². The quantitative estimate of drug-likeness (QED) is 0.434. The molecule has 6 heteroatoms. The van der Waals surface area contributed by atoms with Crippen molar-refractivity contribution >= 4 is 35.6 Å². The number of hydrogen-bond acceptors (Lipinski definition) is 3. The summed E-state index contributed by atoms with van der Waals surface area (Å²) in [4.78, 5) is 9.12. The molecule has 0 aromatic heterocycles. The minimum absolute atomic E-state index is 0. The lowest BCUT2D eigenvalue weighted by Gasteiger charge is -2.37. The van der Waals surface area contributed by atoms with Gasteiger partial charge in [0.1, 0.15) is 0 Å². The Morgan fingerprint density at radius 2 is 1.69 bits per heavy atom. The van der Waals surface area contributed by atoms with Crippen LogP contribution >= 0.6 is 24.0 Å². The van der Waals surface area contributed by atoms with Crippen LogP contribution in [0.2, 0.25) is 0 Å². The molecule has 1 aliphatic rings. The van der Waals surface area contributed by atoms with E-state index in [0.29, 0.717) is 12.1 Å². The average molecular weight is 461 g/mol. The Morgan fingerprint density at radius 1 is 1.04 bits per heavy atom. The molecule has 0 unspecified atom stereocenters. The zero-order valence-corrected chi connectivity index (χ0v) is 17.3. The Morgan fingerprint density at radius 3 is 2.27 bits per heavy atom. The molecular formula is C20H24IN5. The molecule has 26 heavy (non-hydrogen) atoms. The maximum absolute atomic E-state index is 8.86. The minimum atomic E-state index is 0. The molecule has 1 saturated heterocycles. The second-order valence-electron chi connectivity index (χ2n) is 6.02. The predicted molar refractivity (Wildman–Crippen MR) is 117 cm³/mol. The molecule has 1 N–H and O–H groups in total. The normalized spacial score (nSPS) is 14.4. The molecule has 0 radical (unpaired) electrons. The van der Waals surface area contributed by atoms with Gasteiger partial charge >= 0.3 is 0 Å². The average Bonchev–Trinajstić information content (AvgIpc) is 2.70. The topological polar surface area (TPSA) is 54.7 Å². The van der Waals surface area contributed by atoms with Gasteiger partial charge in [-0.15, -0.1) is 24.0 Å². The summed E-state index contributed by atoms with van der Waals surface area (Å²) in [5.41, 5.74) is 3.11. The monoisotopic (exact) mass is 461 g/mol. The van der Waals surface area contributed by atoms with E-state index in [1.807, 2.05) is 31.3 Å². The van der Waals surface area contributed by atoms with E-state index in [9.17, 15) is 0 Å². The van der Waals surface area contributed by atoms with Gasteiger partial charge in [-0.05, 0) is 29.8 Å². The van der Waals surface area contributed by atoms with Gasteiger partial charge in [-0.3, -0.25) is 4.99 Å². The molecule has 0 bridgehead atoms. The van der Waals surface area contributed by atoms with Gasteiger partial charge in [0.05, 0.1) is 11.6 Å². The summed E-state index contributed by atoms with van der Waals surface area (Å²) in [6.45, 7) is 4.57. The fourth-order valence-electron chi connectivity index (χ4n) is 3.03. The number of nitriles is 1. The van der Waals surface area contributed by atoms with Crippen LogP contribution in [0.15, 0.2) is 59.6 Å². The van der Waals surface area contributed by atoms with Gasteiger partial charge in [-0.2, -0.15) is 5.26 Å². The molecule has 5 nitrogen and oxygen atoms in total. The van der Waals surface area contributed by atoms with E-state index in [0.717, 1.165) is 37.7 Å². The van der Waals surface area contributed by atoms with Crippen LogP contribution in [0.25, 0.3) is 0 Å². The molecule has 1 heterocycles. The van der Waals surface area contributed by atoms with Crippen LogP contribution in [-0.2, 0) is 6.54 Å². The van der Waals surface area contributed by atoms with E-state index in [2.05, 4.69) is 56.5 Å². The number of anilines is 1. The van der Waals surface area contributed by atoms with Crippen LogP contribution in [0.1, 0.15) is 11.1 Å². The zero-order chi connectivity index (χ0) is 17.5. The summed E-state index contributed by atoms with van der Waals surface area (Å²) in [5.74, 6) is 0.928. The van der Waals surface area contributed by atoms with Gasteiger partial charge in [-0.25, -0.2) is 0 Å². The van der Waals surface area contributed by atoms with Crippen molar-refractivity contribution in [1.82, 2.24) is 10.2 Å². The Balaban J connectivity index is 0.00000243. The first kappa shape index (κ1) is 20.0. The molecule has 136 valence electrons. The van der Waals surface area contributed by atoms with Crippen molar-refractivity contribution in [1.29, 1.82) is 5.26 Å². The molecule has 0 atom stereocenters. The highest BCUT2D eigenvalue weighted by Crippen LogP contribution is 2.15. The number of guanidine groups is 1. The lowest BCUT2D eigenvalue weighted by Crippen LogP contribution is -2.52. The van der Waals surface area contributed by atoms with E-state index in [-0.39, 0.29) is 24.0 Å². The van der Waals surface area contributed by atoms with Crippen LogP contribution in [0, 0.1) is 11.3 Å². The number of piperazine rings is 1. The number of benzene rings is 2. The number of halogens is 1. The summed E-state index contributed by atoms with van der Waals surface area (Å²) in [6, 6.07) is 20.3. The van der Waals surface area contributed by atoms with E-state index in [1.165, 1.54) is 5.69 Å². The summed E-state index contributed by atoms with van der Waals surface area (Å²) >= 11 is 0. The SMILES string of the molecule is CN=C(NCc1ccc(C#N)cc1)N1CCN(c2ccccc2)CC1.I. The first-order valence-corrected chi connectivity index (χ1v) is 8.55. The number of nitrogens with one attached hydrogen (secondary N) is 1. The largest absolute Gasteiger partial charge is 0.368 e. The van der Waals surface area contributed by atoms with Crippen molar-refractivity contribution in [2.75, 3.05) is 38.1 Å². The number of nitrogens with zero attached hydrogens (tertiary/aromatic N) is 4. The third-order valence-corrected chi connectivity index (χ3v) is 4.45. The van der Waals surface area contributed by atoms with Gasteiger partial charge in [0, 0.05) is 45.5 Å². The molecule has 0 saturated carbocycles. The number of rotatable bonds is 3. The van der Waals surface area contributed by atoms with Gasteiger partial charge in [-0.1, -0.05) is 30.3 Å². The molecule has 2 aromatic rings. The van der Waals surface area contributed by atoms with Crippen LogP contribution in [0.3, 0.4) is 0 Å². The van der Waals surface area contributed by atoms with Crippen molar-refractivity contribution in [2.24, 2.45) is 4.99 Å². The summed E-state index contributed by atoms with van der Waals surface area (Å²) < 4.78 is 0. The minimum Gasteiger partial charge on any atom is -0.368 e. The van der Waals surface area contributed by atoms with Gasteiger partial charge in [0.15, 0.2) is 5.96 Å². The standard InChI is InChI=1S/C20H23N5.HI/c1-22-20(23-16-18-9-7-17(15-21)8-10-18)25-13-11-24(12-14-25)19-5-3-2-4-6-19;/h2-10H,11-14,16H2,1H3,(H,22,23);1H. The molecule has 1 aliphatic heterocycles. The maximum atomic E-state index is 8.86. The molecule has 2 aromatic carbocycles. The third kappa shape index (κ3) is 5.11. The van der Waals surface area contributed by atoms with E-state index >= 15 is 0 Å². The highest BCUT2D eigenvalue weighted by Gasteiger charge is 2.19. The Labute approximate surface area is 172 Å². The molecule has 0 amide bonds. The molecular weight excluding hydrogens is 437 g/mol. The summed E-state index contributed by atoms with van der Waals surface area (Å²) in [5, 5.41) is 12.3. The smallest absolute Gasteiger partial charge is 0.194 e. The third-order valence-electron chi connectivity index (χ3n) is 4.45. The highest BCUT2D eigenvalue weighted by molar-refractivity contribution is 14.0. The van der Waals surface area contributed by atoms with Crippen molar-refractivity contribution < 1.29 is 0 Å². The molecule has 0 aliphatic carbocycles. The molecule has 1 fully saturated rings. The first-order valence-electron chi connectivity index (χ1n) is 8.55. The zero-order valence-electron chi connectivity index (χ0n) is 14.9. The molecule has 3 rings (SSSR count). The summed E-state index contributed by atoms with van der Waals surface area (Å²) in [7, 11) is 1.82. The van der Waals surface area contributed by atoms with Crippen LogP contribution in [-0.4, -0.2) is 44.1 Å². The number of hydrogen-bond donors (Lipinski definition) is 1. The predicted octanol–water partition coefficient (Wildman–Crippen LogP) is 3.07. The highest BCUT2D eigenvalue weighted by atomic mass is 127. The van der Waals surface area contributed by atoms with E-state index < -0.39 is 0 Å². The summed E-state index contributed by atoms with van der Waals surface area (Å²) in [6.07, 6.45) is 0. The van der Waals surface area contributed by atoms with Gasteiger partial charge < -0.3 is 15.1 Å². The first-order chi connectivity index (χ1) is 12.3. The van der Waals surface area contributed by atoms with E-state index in [4.69, 9.17) is 5.26 Å². The second-order valence-corrected chi connectivity index (χ2v) is 6.02.